The normalized spacial score (nSPS) is 21.2. The van der Waals surface area contributed by atoms with Gasteiger partial charge in [-0.3, -0.25) is 4.79 Å². The summed E-state index contributed by atoms with van der Waals surface area (Å²) in [5.41, 5.74) is 1.37. The van der Waals surface area contributed by atoms with Crippen LogP contribution in [0.25, 0.3) is 10.9 Å². The highest BCUT2D eigenvalue weighted by molar-refractivity contribution is 6.29. The Morgan fingerprint density at radius 1 is 1.26 bits per heavy atom. The number of benzene rings is 1. The summed E-state index contributed by atoms with van der Waals surface area (Å²) in [5.74, 6) is -1.12. The second-order valence-corrected chi connectivity index (χ2v) is 11.7. The van der Waals surface area contributed by atoms with Crippen molar-refractivity contribution in [1.29, 1.82) is 0 Å². The number of nitrogens with zero attached hydrogens (tertiary/aromatic N) is 3. The standard InChI is InChI=1S/C30H35ClF2N4O2/c1-18(2)30(33)9-5-25-22(16-30)14-20-13-21(15-24(32)28(20)35-25)29(39)36-26(19-3-4-27(31)34-17-19)8-12-37-10-6-23(38)7-11-37/h3-4,13-15,17-18,23,26,38H,5-12,16H2,1-2H3,(H,36,39)/t26-,30-/m1/s1. The molecule has 208 valence electrons. The van der Waals surface area contributed by atoms with E-state index in [0.717, 1.165) is 49.3 Å². The molecule has 1 aliphatic carbocycles. The van der Waals surface area contributed by atoms with Gasteiger partial charge in [0.1, 0.15) is 22.2 Å². The van der Waals surface area contributed by atoms with Crippen molar-refractivity contribution in [2.75, 3.05) is 19.6 Å². The van der Waals surface area contributed by atoms with Crippen LogP contribution >= 0.6 is 11.6 Å². The first kappa shape index (κ1) is 27.9. The first-order valence-electron chi connectivity index (χ1n) is 13.7. The van der Waals surface area contributed by atoms with Gasteiger partial charge in [-0.15, -0.1) is 0 Å². The van der Waals surface area contributed by atoms with Crippen molar-refractivity contribution in [3.63, 3.8) is 0 Å². The Morgan fingerprint density at radius 2 is 2.03 bits per heavy atom. The summed E-state index contributed by atoms with van der Waals surface area (Å²) in [5, 5.41) is 13.7. The molecular formula is C30H35ClF2N4O2. The van der Waals surface area contributed by atoms with E-state index in [1.165, 1.54) is 6.07 Å². The van der Waals surface area contributed by atoms with Gasteiger partial charge in [-0.1, -0.05) is 31.5 Å². The monoisotopic (exact) mass is 556 g/mol. The Balaban J connectivity index is 1.38. The van der Waals surface area contributed by atoms with Gasteiger partial charge in [0.2, 0.25) is 0 Å². The molecule has 39 heavy (non-hydrogen) atoms. The van der Waals surface area contributed by atoms with Crippen molar-refractivity contribution in [2.45, 2.75) is 70.2 Å². The summed E-state index contributed by atoms with van der Waals surface area (Å²) >= 11 is 5.99. The molecule has 2 aliphatic rings. The van der Waals surface area contributed by atoms with Gasteiger partial charge < -0.3 is 15.3 Å². The summed E-state index contributed by atoms with van der Waals surface area (Å²) in [6, 6.07) is 7.78. The van der Waals surface area contributed by atoms with Gasteiger partial charge in [0.25, 0.3) is 5.91 Å². The number of nitrogens with one attached hydrogen (secondary N) is 1. The summed E-state index contributed by atoms with van der Waals surface area (Å²) in [4.78, 5) is 24.4. The van der Waals surface area contributed by atoms with Crippen molar-refractivity contribution in [3.05, 3.63) is 69.9 Å². The molecule has 0 radical (unpaired) electrons. The molecule has 3 heterocycles. The second kappa shape index (κ2) is 11.4. The van der Waals surface area contributed by atoms with Crippen LogP contribution in [0.15, 0.2) is 36.5 Å². The molecule has 6 nitrogen and oxygen atoms in total. The second-order valence-electron chi connectivity index (χ2n) is 11.3. The number of likely N-dealkylation sites (tertiary alicyclic amines) is 1. The van der Waals surface area contributed by atoms with Crippen molar-refractivity contribution in [3.8, 4) is 0 Å². The number of pyridine rings is 2. The maximum absolute atomic E-state index is 15.4. The molecule has 2 N–H and O–H groups in total. The molecule has 5 rings (SSSR count). The van der Waals surface area contributed by atoms with Gasteiger partial charge in [-0.25, -0.2) is 18.7 Å². The molecule has 1 amide bonds. The molecule has 0 unspecified atom stereocenters. The van der Waals surface area contributed by atoms with Crippen molar-refractivity contribution < 1.29 is 18.7 Å². The average Bonchev–Trinajstić information content (AvgIpc) is 2.91. The van der Waals surface area contributed by atoms with Crippen LogP contribution in [-0.2, 0) is 12.8 Å². The summed E-state index contributed by atoms with van der Waals surface area (Å²) in [6.45, 7) is 6.07. The Morgan fingerprint density at radius 3 is 2.72 bits per heavy atom. The highest BCUT2D eigenvalue weighted by Crippen LogP contribution is 2.38. The smallest absolute Gasteiger partial charge is 0.251 e. The van der Waals surface area contributed by atoms with Gasteiger partial charge in [-0.2, -0.15) is 0 Å². The number of carbonyl (C=O) groups excluding carboxylic acids is 1. The third-order valence-electron chi connectivity index (χ3n) is 8.35. The minimum absolute atomic E-state index is 0.135. The van der Waals surface area contributed by atoms with E-state index in [2.05, 4.69) is 20.2 Å². The lowest BCUT2D eigenvalue weighted by molar-refractivity contribution is 0.0794. The Labute approximate surface area is 232 Å². The molecule has 0 saturated carbocycles. The molecule has 1 fully saturated rings. The Bertz CT molecular complexity index is 1350. The fourth-order valence-electron chi connectivity index (χ4n) is 5.66. The van der Waals surface area contributed by atoms with E-state index in [1.54, 1.807) is 24.4 Å². The van der Waals surface area contributed by atoms with Crippen LogP contribution in [-0.4, -0.2) is 57.3 Å². The van der Waals surface area contributed by atoms with Crippen molar-refractivity contribution >= 4 is 28.4 Å². The van der Waals surface area contributed by atoms with E-state index in [-0.39, 0.29) is 35.6 Å². The molecule has 0 bridgehead atoms. The fourth-order valence-corrected chi connectivity index (χ4v) is 5.77. The molecule has 1 aromatic carbocycles. The SMILES string of the molecule is CC(C)[C@@]1(F)CCc2nc3c(F)cc(C(=O)N[C@H](CCN4CCC(O)CC4)c4ccc(Cl)nc4)cc3cc2C1. The number of aromatic nitrogens is 2. The topological polar surface area (TPSA) is 78.4 Å². The molecular weight excluding hydrogens is 522 g/mol. The number of hydrogen-bond donors (Lipinski definition) is 2. The summed E-state index contributed by atoms with van der Waals surface area (Å²) in [7, 11) is 0. The number of aryl methyl sites for hydroxylation is 1. The summed E-state index contributed by atoms with van der Waals surface area (Å²) in [6.07, 6.45) is 4.53. The van der Waals surface area contributed by atoms with E-state index in [0.29, 0.717) is 29.8 Å². The number of alkyl halides is 1. The van der Waals surface area contributed by atoms with Crippen LogP contribution in [0.4, 0.5) is 8.78 Å². The zero-order chi connectivity index (χ0) is 27.7. The minimum atomic E-state index is -1.32. The largest absolute Gasteiger partial charge is 0.393 e. The predicted molar refractivity (Wildman–Crippen MR) is 148 cm³/mol. The minimum Gasteiger partial charge on any atom is -0.393 e. The number of hydrogen-bond acceptors (Lipinski definition) is 5. The number of aliphatic hydroxyl groups excluding tert-OH is 1. The first-order valence-corrected chi connectivity index (χ1v) is 14.1. The average molecular weight is 557 g/mol. The molecule has 9 heteroatoms. The highest BCUT2D eigenvalue weighted by atomic mass is 35.5. The Hall–Kier alpha value is -2.68. The van der Waals surface area contributed by atoms with Gasteiger partial charge in [0.05, 0.1) is 12.1 Å². The zero-order valence-electron chi connectivity index (χ0n) is 22.4. The van der Waals surface area contributed by atoms with E-state index < -0.39 is 17.4 Å². The lowest BCUT2D eigenvalue weighted by atomic mass is 9.77. The van der Waals surface area contributed by atoms with Crippen LogP contribution < -0.4 is 5.32 Å². The number of carbonyl (C=O) groups is 1. The first-order chi connectivity index (χ1) is 18.6. The summed E-state index contributed by atoms with van der Waals surface area (Å²) < 4.78 is 30.6. The van der Waals surface area contributed by atoms with Crippen molar-refractivity contribution in [2.24, 2.45) is 5.92 Å². The van der Waals surface area contributed by atoms with E-state index in [1.807, 2.05) is 19.9 Å². The predicted octanol–water partition coefficient (Wildman–Crippen LogP) is 5.59. The van der Waals surface area contributed by atoms with Gasteiger partial charge in [0, 0.05) is 48.9 Å². The fraction of sp³-hybridized carbons (Fsp3) is 0.500. The van der Waals surface area contributed by atoms with Crippen molar-refractivity contribution in [1.82, 2.24) is 20.2 Å². The van der Waals surface area contributed by atoms with E-state index in [4.69, 9.17) is 11.6 Å². The molecule has 2 aromatic heterocycles. The number of aliphatic hydroxyl groups is 1. The maximum atomic E-state index is 15.4. The number of rotatable bonds is 7. The zero-order valence-corrected chi connectivity index (χ0v) is 23.1. The van der Waals surface area contributed by atoms with Crippen LogP contribution in [0.2, 0.25) is 5.15 Å². The molecule has 1 aliphatic heterocycles. The quantitative estimate of drug-likeness (QED) is 0.371. The lowest BCUT2D eigenvalue weighted by Crippen LogP contribution is -2.38. The van der Waals surface area contributed by atoms with Crippen LogP contribution in [0.1, 0.15) is 72.8 Å². The lowest BCUT2D eigenvalue weighted by Gasteiger charge is -2.34. The van der Waals surface area contributed by atoms with E-state index in [9.17, 15) is 9.90 Å². The van der Waals surface area contributed by atoms with Gasteiger partial charge in [-0.05, 0) is 73.4 Å². The number of amides is 1. The molecule has 2 atom stereocenters. The maximum Gasteiger partial charge on any atom is 0.251 e. The van der Waals surface area contributed by atoms with Crippen LogP contribution in [0.3, 0.4) is 0 Å². The number of fused-ring (bicyclic) bond motifs is 2. The van der Waals surface area contributed by atoms with Gasteiger partial charge in [0.15, 0.2) is 0 Å². The Kier molecular flexibility index (Phi) is 8.17. The van der Waals surface area contributed by atoms with Crippen LogP contribution in [0, 0.1) is 11.7 Å². The third kappa shape index (κ3) is 6.23. The molecule has 3 aromatic rings. The van der Waals surface area contributed by atoms with E-state index >= 15 is 8.78 Å². The van der Waals surface area contributed by atoms with Crippen LogP contribution in [0.5, 0.6) is 0 Å². The highest BCUT2D eigenvalue weighted by Gasteiger charge is 2.38. The number of halogens is 3. The van der Waals surface area contributed by atoms with Gasteiger partial charge >= 0.3 is 0 Å². The third-order valence-corrected chi connectivity index (χ3v) is 8.57. The number of piperidine rings is 1. The molecule has 1 saturated heterocycles. The molecule has 0 spiro atoms.